The molecule has 3 amide bonds. The molecule has 0 bridgehead atoms. The van der Waals surface area contributed by atoms with Crippen LogP contribution in [0.2, 0.25) is 0 Å². The number of carbonyl (C=O) groups excluding carboxylic acids is 3. The normalized spacial score (nSPS) is 27.2. The van der Waals surface area contributed by atoms with Crippen molar-refractivity contribution in [3.63, 3.8) is 0 Å². The second-order valence-electron chi connectivity index (χ2n) is 13.5. The lowest BCUT2D eigenvalue weighted by Gasteiger charge is -2.37. The van der Waals surface area contributed by atoms with Crippen LogP contribution in [0.25, 0.3) is 0 Å². The number of hydrogen-bond acceptors (Lipinski definition) is 7. The molecule has 2 aliphatic rings. The molecule has 7 atom stereocenters. The summed E-state index contributed by atoms with van der Waals surface area (Å²) in [6.45, 7) is 10.4. The average Bonchev–Trinajstić information content (AvgIpc) is 2.94. The van der Waals surface area contributed by atoms with E-state index in [2.05, 4.69) is 10.1 Å². The molecule has 45 heavy (non-hydrogen) atoms. The van der Waals surface area contributed by atoms with Gasteiger partial charge in [-0.05, 0) is 63.2 Å². The number of nitrogens with two attached hydrogens (primary N) is 1. The number of amides is 3. The third-order valence-corrected chi connectivity index (χ3v) is 10.4. The van der Waals surface area contributed by atoms with Gasteiger partial charge < -0.3 is 21.1 Å². The predicted octanol–water partition coefficient (Wildman–Crippen LogP) is 2.68. The van der Waals surface area contributed by atoms with Crippen LogP contribution >= 0.6 is 0 Å². The van der Waals surface area contributed by atoms with Gasteiger partial charge in [-0.1, -0.05) is 34.6 Å². The lowest BCUT2D eigenvalue weighted by Crippen LogP contribution is -2.55. The van der Waals surface area contributed by atoms with Crippen LogP contribution in [-0.2, 0) is 24.4 Å². The van der Waals surface area contributed by atoms with Gasteiger partial charge in [0.05, 0.1) is 17.9 Å². The first-order valence-corrected chi connectivity index (χ1v) is 18.3. The summed E-state index contributed by atoms with van der Waals surface area (Å²) in [6.07, 6.45) is -1.73. The minimum Gasteiger partial charge on any atom is -0.390 e. The van der Waals surface area contributed by atoms with Crippen LogP contribution in [-0.4, -0.2) is 97.6 Å². The lowest BCUT2D eigenvalue weighted by molar-refractivity contribution is -0.141. The van der Waals surface area contributed by atoms with Gasteiger partial charge >= 0.3 is 0 Å². The SMILES string of the molecule is CCCN(CCC)C(=O)C1CC(C(N)=O)CC(C(=O)NC(CC2CC(F)CC(F)C2)C(O)CN(CC)NS(=O)(=O)CC(C)C)C1. The molecule has 5 N–H and O–H groups in total. The summed E-state index contributed by atoms with van der Waals surface area (Å²) < 4.78 is 53.8. The number of nitrogens with zero attached hydrogens (tertiary/aromatic N) is 2. The number of hydrogen-bond donors (Lipinski definition) is 4. The molecule has 0 saturated heterocycles. The summed E-state index contributed by atoms with van der Waals surface area (Å²) in [5.74, 6) is -3.87. The average molecular weight is 666 g/mol. The minimum absolute atomic E-state index is 0.0825. The number of halogens is 2. The smallest absolute Gasteiger partial charge is 0.225 e. The van der Waals surface area contributed by atoms with Crippen LogP contribution in [0.3, 0.4) is 0 Å². The van der Waals surface area contributed by atoms with Crippen LogP contribution in [0.5, 0.6) is 0 Å². The summed E-state index contributed by atoms with van der Waals surface area (Å²) >= 11 is 0. The topological polar surface area (TPSA) is 162 Å². The van der Waals surface area contributed by atoms with Crippen molar-refractivity contribution >= 4 is 27.7 Å². The molecule has 14 heteroatoms. The fourth-order valence-electron chi connectivity index (χ4n) is 6.81. The number of sulfonamides is 1. The van der Waals surface area contributed by atoms with Crippen LogP contribution in [0.4, 0.5) is 8.78 Å². The molecule has 0 aromatic heterocycles. The van der Waals surface area contributed by atoms with Crippen molar-refractivity contribution in [2.75, 3.05) is 31.9 Å². The van der Waals surface area contributed by atoms with Gasteiger partial charge in [0.2, 0.25) is 27.7 Å². The van der Waals surface area contributed by atoms with E-state index in [9.17, 15) is 36.7 Å². The Morgan fingerprint density at radius 3 is 1.98 bits per heavy atom. The first-order chi connectivity index (χ1) is 21.1. The number of aliphatic hydroxyl groups is 1. The van der Waals surface area contributed by atoms with Crippen molar-refractivity contribution in [1.82, 2.24) is 20.1 Å². The van der Waals surface area contributed by atoms with E-state index in [-0.39, 0.29) is 75.6 Å². The van der Waals surface area contributed by atoms with Gasteiger partial charge in [-0.2, -0.15) is 0 Å². The van der Waals surface area contributed by atoms with Gasteiger partial charge in [-0.3, -0.25) is 14.4 Å². The van der Waals surface area contributed by atoms with Crippen LogP contribution in [0.1, 0.15) is 92.4 Å². The Balaban J connectivity index is 2.28. The Bertz CT molecular complexity index is 1050. The van der Waals surface area contributed by atoms with E-state index in [0.717, 1.165) is 12.8 Å². The van der Waals surface area contributed by atoms with Gasteiger partial charge in [0.1, 0.15) is 12.3 Å². The zero-order valence-corrected chi connectivity index (χ0v) is 28.5. The van der Waals surface area contributed by atoms with E-state index in [0.29, 0.717) is 13.1 Å². The van der Waals surface area contributed by atoms with Crippen molar-refractivity contribution in [3.8, 4) is 0 Å². The molecule has 262 valence electrons. The fraction of sp³-hybridized carbons (Fsp3) is 0.903. The van der Waals surface area contributed by atoms with Crippen molar-refractivity contribution in [2.45, 2.75) is 117 Å². The molecule has 2 saturated carbocycles. The number of aliphatic hydroxyl groups excluding tert-OH is 1. The fourth-order valence-corrected chi connectivity index (χ4v) is 8.36. The molecule has 2 fully saturated rings. The van der Waals surface area contributed by atoms with Gasteiger partial charge in [0.25, 0.3) is 0 Å². The minimum atomic E-state index is -3.69. The number of likely N-dealkylation sites (N-methyl/N-ethyl adjacent to an activating group) is 1. The standard InChI is InChI=1S/C31H57F2N5O6S/c1-6-9-37(10-7-2)31(42)24-15-22(29(34)40)14-23(16-24)30(41)35-27(13-21-11-25(32)17-26(33)12-21)28(39)18-38(8-3)36-45(43,44)19-20(4)5/h20-28,36,39H,6-19H2,1-5H3,(H2,34,40)(H,35,41). The van der Waals surface area contributed by atoms with Crippen molar-refractivity contribution < 1.29 is 36.7 Å². The number of alkyl halides is 2. The second-order valence-corrected chi connectivity index (χ2v) is 15.3. The van der Waals surface area contributed by atoms with Crippen LogP contribution in [0.15, 0.2) is 0 Å². The largest absolute Gasteiger partial charge is 0.390 e. The molecule has 2 rings (SSSR count). The summed E-state index contributed by atoms with van der Waals surface area (Å²) in [4.78, 5) is 43.8. The Morgan fingerprint density at radius 1 is 0.911 bits per heavy atom. The maximum atomic E-state index is 14.3. The second kappa shape index (κ2) is 18.4. The molecule has 0 aromatic carbocycles. The zero-order valence-electron chi connectivity index (χ0n) is 27.7. The number of nitrogens with one attached hydrogen (secondary N) is 2. The number of primary amides is 1. The van der Waals surface area contributed by atoms with Crippen molar-refractivity contribution in [3.05, 3.63) is 0 Å². The third kappa shape index (κ3) is 13.0. The quantitative estimate of drug-likeness (QED) is 0.164. The van der Waals surface area contributed by atoms with E-state index in [1.54, 1.807) is 25.7 Å². The molecule has 2 aliphatic carbocycles. The van der Waals surface area contributed by atoms with Crippen molar-refractivity contribution in [1.29, 1.82) is 0 Å². The van der Waals surface area contributed by atoms with Gasteiger partial charge in [-0.15, -0.1) is 4.83 Å². The highest BCUT2D eigenvalue weighted by Gasteiger charge is 2.41. The molecule has 0 aromatic rings. The van der Waals surface area contributed by atoms with E-state index >= 15 is 0 Å². The van der Waals surface area contributed by atoms with E-state index in [4.69, 9.17) is 5.73 Å². The van der Waals surface area contributed by atoms with Crippen LogP contribution < -0.4 is 15.9 Å². The molecule has 11 nitrogen and oxygen atoms in total. The first kappa shape index (κ1) is 39.3. The summed E-state index contributed by atoms with van der Waals surface area (Å²) in [5.41, 5.74) is 5.67. The monoisotopic (exact) mass is 665 g/mol. The summed E-state index contributed by atoms with van der Waals surface area (Å²) in [6, 6.07) is -0.955. The highest BCUT2D eigenvalue weighted by atomic mass is 32.2. The van der Waals surface area contributed by atoms with Gasteiger partial charge in [0.15, 0.2) is 0 Å². The molecule has 0 spiro atoms. The molecule has 0 heterocycles. The van der Waals surface area contributed by atoms with Crippen LogP contribution in [0, 0.1) is 29.6 Å². The highest BCUT2D eigenvalue weighted by molar-refractivity contribution is 7.89. The van der Waals surface area contributed by atoms with Gasteiger partial charge in [-0.25, -0.2) is 22.2 Å². The Labute approximate surface area is 268 Å². The van der Waals surface area contributed by atoms with E-state index in [1.165, 1.54) is 5.01 Å². The Hall–Kier alpha value is -1.90. The van der Waals surface area contributed by atoms with E-state index in [1.807, 2.05) is 13.8 Å². The molecule has 0 radical (unpaired) electrons. The Kier molecular flexibility index (Phi) is 16.1. The molecular formula is C31H57F2N5O6S. The molecule has 7 unspecified atom stereocenters. The summed E-state index contributed by atoms with van der Waals surface area (Å²) in [5, 5.41) is 15.6. The lowest BCUT2D eigenvalue weighted by atomic mass is 9.73. The number of rotatable bonds is 18. The highest BCUT2D eigenvalue weighted by Crippen LogP contribution is 2.36. The third-order valence-electron chi connectivity index (χ3n) is 8.81. The van der Waals surface area contributed by atoms with Crippen molar-refractivity contribution in [2.24, 2.45) is 35.3 Å². The first-order valence-electron chi connectivity index (χ1n) is 16.7. The molecular weight excluding hydrogens is 608 g/mol. The zero-order chi connectivity index (χ0) is 33.9. The van der Waals surface area contributed by atoms with Gasteiger partial charge in [0, 0.05) is 50.4 Å². The number of carbonyl (C=O) groups is 3. The predicted molar refractivity (Wildman–Crippen MR) is 169 cm³/mol. The maximum absolute atomic E-state index is 14.3. The van der Waals surface area contributed by atoms with E-state index < -0.39 is 70.0 Å². The molecule has 0 aliphatic heterocycles. The number of hydrazine groups is 1. The maximum Gasteiger partial charge on any atom is 0.225 e. The Morgan fingerprint density at radius 2 is 1.47 bits per heavy atom. The summed E-state index contributed by atoms with van der Waals surface area (Å²) in [7, 11) is -3.69.